The van der Waals surface area contributed by atoms with Crippen LogP contribution in [0.1, 0.15) is 5.69 Å². The van der Waals surface area contributed by atoms with E-state index in [4.69, 9.17) is 21.1 Å². The molecule has 5 heteroatoms. The third-order valence-corrected chi connectivity index (χ3v) is 3.86. The highest BCUT2D eigenvalue weighted by atomic mass is 35.5. The van der Waals surface area contributed by atoms with Crippen LogP contribution in [0.3, 0.4) is 0 Å². The summed E-state index contributed by atoms with van der Waals surface area (Å²) in [6, 6.07) is 5.78. The first-order valence-corrected chi connectivity index (χ1v) is 5.96. The van der Waals surface area contributed by atoms with E-state index < -0.39 is 0 Å². The third kappa shape index (κ3) is 1.54. The number of aryl methyl sites for hydroxylation is 1. The van der Waals surface area contributed by atoms with Crippen LogP contribution in [0.2, 0.25) is 4.34 Å². The summed E-state index contributed by atoms with van der Waals surface area (Å²) in [5, 5.41) is 0.904. The molecule has 3 nitrogen and oxygen atoms in total. The second-order valence-corrected chi connectivity index (χ2v) is 5.05. The molecule has 0 saturated carbocycles. The summed E-state index contributed by atoms with van der Waals surface area (Å²) in [6.07, 6.45) is 0. The molecule has 2 heterocycles. The molecule has 82 valence electrons. The molecule has 0 unspecified atom stereocenters. The fraction of sp³-hybridized carbons (Fsp3) is 0.182. The van der Waals surface area contributed by atoms with Crippen LogP contribution >= 0.6 is 22.9 Å². The number of benzene rings is 1. The Labute approximate surface area is 102 Å². The molecule has 0 N–H and O–H groups in total. The van der Waals surface area contributed by atoms with Crippen LogP contribution in [0.25, 0.3) is 10.6 Å². The number of hydrogen-bond acceptors (Lipinski definition) is 4. The standard InChI is InChI=1S/C11H8ClNO2S/c1-6-10(12)16-11(13-6)7-2-3-8-9(4-7)15-5-14-8/h2-4H,5H2,1H3. The molecule has 0 amide bonds. The summed E-state index contributed by atoms with van der Waals surface area (Å²) in [4.78, 5) is 4.40. The van der Waals surface area contributed by atoms with Gasteiger partial charge in [0.15, 0.2) is 11.5 Å². The van der Waals surface area contributed by atoms with Crippen LogP contribution in [0.15, 0.2) is 18.2 Å². The molecule has 0 saturated heterocycles. The molecule has 3 rings (SSSR count). The van der Waals surface area contributed by atoms with Gasteiger partial charge in [-0.05, 0) is 25.1 Å². The van der Waals surface area contributed by atoms with Crippen LogP contribution in [0.5, 0.6) is 11.5 Å². The Bertz CT molecular complexity index is 533. The van der Waals surface area contributed by atoms with Crippen molar-refractivity contribution in [2.24, 2.45) is 0 Å². The summed E-state index contributed by atoms with van der Waals surface area (Å²) in [5.41, 5.74) is 1.86. The highest BCUT2D eigenvalue weighted by molar-refractivity contribution is 7.19. The number of aromatic nitrogens is 1. The summed E-state index contributed by atoms with van der Waals surface area (Å²) in [5.74, 6) is 1.55. The van der Waals surface area contributed by atoms with Crippen LogP contribution in [0, 0.1) is 6.92 Å². The maximum absolute atomic E-state index is 6.00. The minimum Gasteiger partial charge on any atom is -0.454 e. The van der Waals surface area contributed by atoms with Crippen molar-refractivity contribution in [3.05, 3.63) is 28.2 Å². The van der Waals surface area contributed by atoms with E-state index in [2.05, 4.69) is 4.98 Å². The lowest BCUT2D eigenvalue weighted by Gasteiger charge is -1.98. The Balaban J connectivity index is 2.07. The number of ether oxygens (including phenoxy) is 2. The van der Waals surface area contributed by atoms with Gasteiger partial charge in [-0.25, -0.2) is 4.98 Å². The fourth-order valence-electron chi connectivity index (χ4n) is 1.53. The van der Waals surface area contributed by atoms with Crippen molar-refractivity contribution in [1.29, 1.82) is 0 Å². The second kappa shape index (κ2) is 3.64. The molecular formula is C11H8ClNO2S. The molecule has 1 aliphatic rings. The SMILES string of the molecule is Cc1nc(-c2ccc3c(c2)OCO3)sc1Cl. The summed E-state index contributed by atoms with van der Waals surface area (Å²) < 4.78 is 11.3. The molecule has 16 heavy (non-hydrogen) atoms. The van der Waals surface area contributed by atoms with Gasteiger partial charge >= 0.3 is 0 Å². The van der Waals surface area contributed by atoms with E-state index in [1.54, 1.807) is 0 Å². The number of hydrogen-bond donors (Lipinski definition) is 0. The molecule has 0 spiro atoms. The van der Waals surface area contributed by atoms with E-state index in [0.29, 0.717) is 0 Å². The number of thiazole rings is 1. The van der Waals surface area contributed by atoms with Crippen LogP contribution in [0.4, 0.5) is 0 Å². The zero-order chi connectivity index (χ0) is 11.1. The van der Waals surface area contributed by atoms with Crippen molar-refractivity contribution >= 4 is 22.9 Å². The number of nitrogens with zero attached hydrogens (tertiary/aromatic N) is 1. The van der Waals surface area contributed by atoms with Gasteiger partial charge in [0.05, 0.1) is 5.69 Å². The summed E-state index contributed by atoms with van der Waals surface area (Å²) >= 11 is 7.47. The van der Waals surface area contributed by atoms with E-state index in [1.165, 1.54) is 11.3 Å². The van der Waals surface area contributed by atoms with Crippen molar-refractivity contribution in [3.8, 4) is 22.1 Å². The van der Waals surface area contributed by atoms with E-state index in [9.17, 15) is 0 Å². The first kappa shape index (κ1) is 9.93. The van der Waals surface area contributed by atoms with E-state index in [-0.39, 0.29) is 6.79 Å². The number of halogens is 1. The van der Waals surface area contributed by atoms with Crippen LogP contribution in [-0.4, -0.2) is 11.8 Å². The van der Waals surface area contributed by atoms with Gasteiger partial charge in [-0.15, -0.1) is 11.3 Å². The van der Waals surface area contributed by atoms with E-state index in [0.717, 1.165) is 32.1 Å². The summed E-state index contributed by atoms with van der Waals surface area (Å²) in [6.45, 7) is 2.19. The quantitative estimate of drug-likeness (QED) is 0.780. The Morgan fingerprint density at radius 2 is 2.12 bits per heavy atom. The van der Waals surface area contributed by atoms with Crippen molar-refractivity contribution < 1.29 is 9.47 Å². The molecule has 0 radical (unpaired) electrons. The van der Waals surface area contributed by atoms with Gasteiger partial charge in [-0.3, -0.25) is 0 Å². The monoisotopic (exact) mass is 253 g/mol. The van der Waals surface area contributed by atoms with Crippen molar-refractivity contribution in [2.75, 3.05) is 6.79 Å². The van der Waals surface area contributed by atoms with Gasteiger partial charge < -0.3 is 9.47 Å². The zero-order valence-corrected chi connectivity index (χ0v) is 10.1. The Hall–Kier alpha value is -1.26. The predicted octanol–water partition coefficient (Wildman–Crippen LogP) is 3.50. The average molecular weight is 254 g/mol. The maximum atomic E-state index is 6.00. The van der Waals surface area contributed by atoms with Gasteiger partial charge in [-0.1, -0.05) is 11.6 Å². The van der Waals surface area contributed by atoms with Gasteiger partial charge in [0.2, 0.25) is 6.79 Å². The molecule has 1 aromatic carbocycles. The minimum atomic E-state index is 0.288. The maximum Gasteiger partial charge on any atom is 0.231 e. The van der Waals surface area contributed by atoms with Crippen molar-refractivity contribution in [2.45, 2.75) is 6.92 Å². The molecule has 0 atom stereocenters. The average Bonchev–Trinajstić information content (AvgIpc) is 2.85. The largest absolute Gasteiger partial charge is 0.454 e. The van der Waals surface area contributed by atoms with Crippen molar-refractivity contribution in [1.82, 2.24) is 4.98 Å². The normalized spacial score (nSPS) is 13.1. The molecule has 0 bridgehead atoms. The lowest BCUT2D eigenvalue weighted by Crippen LogP contribution is -1.92. The first-order chi connectivity index (χ1) is 7.74. The van der Waals surface area contributed by atoms with E-state index in [1.807, 2.05) is 25.1 Å². The number of rotatable bonds is 1. The molecule has 0 aliphatic carbocycles. The van der Waals surface area contributed by atoms with Crippen LogP contribution in [-0.2, 0) is 0 Å². The van der Waals surface area contributed by atoms with Gasteiger partial charge in [0, 0.05) is 5.56 Å². The zero-order valence-electron chi connectivity index (χ0n) is 8.49. The van der Waals surface area contributed by atoms with E-state index >= 15 is 0 Å². The summed E-state index contributed by atoms with van der Waals surface area (Å²) in [7, 11) is 0. The highest BCUT2D eigenvalue weighted by Gasteiger charge is 2.15. The predicted molar refractivity (Wildman–Crippen MR) is 63.4 cm³/mol. The molecule has 2 aromatic rings. The highest BCUT2D eigenvalue weighted by Crippen LogP contribution is 2.38. The van der Waals surface area contributed by atoms with Gasteiger partial charge in [-0.2, -0.15) is 0 Å². The third-order valence-electron chi connectivity index (χ3n) is 2.36. The van der Waals surface area contributed by atoms with Crippen molar-refractivity contribution in [3.63, 3.8) is 0 Å². The topological polar surface area (TPSA) is 31.4 Å². The molecule has 0 fully saturated rings. The molecule has 1 aliphatic heterocycles. The Kier molecular flexibility index (Phi) is 2.26. The Morgan fingerprint density at radius 1 is 1.31 bits per heavy atom. The van der Waals surface area contributed by atoms with Gasteiger partial charge in [0.1, 0.15) is 9.34 Å². The second-order valence-electron chi connectivity index (χ2n) is 3.45. The number of fused-ring (bicyclic) bond motifs is 1. The molecule has 1 aromatic heterocycles. The smallest absolute Gasteiger partial charge is 0.231 e. The molecular weight excluding hydrogens is 246 g/mol. The minimum absolute atomic E-state index is 0.288. The van der Waals surface area contributed by atoms with Gasteiger partial charge in [0.25, 0.3) is 0 Å². The lowest BCUT2D eigenvalue weighted by atomic mass is 10.2. The lowest BCUT2D eigenvalue weighted by molar-refractivity contribution is 0.174. The first-order valence-electron chi connectivity index (χ1n) is 4.77. The Morgan fingerprint density at radius 3 is 2.88 bits per heavy atom. The van der Waals surface area contributed by atoms with Crippen LogP contribution < -0.4 is 9.47 Å². The fourth-order valence-corrected chi connectivity index (χ4v) is 2.58.